The zero-order chi connectivity index (χ0) is 11.7. The molecule has 1 aliphatic rings. The van der Waals surface area contributed by atoms with E-state index in [1.165, 1.54) is 16.5 Å². The van der Waals surface area contributed by atoms with Crippen molar-refractivity contribution in [3.8, 4) is 0 Å². The van der Waals surface area contributed by atoms with Gasteiger partial charge in [0.05, 0.1) is 12.1 Å². The number of ether oxygens (including phenoxy) is 1. The summed E-state index contributed by atoms with van der Waals surface area (Å²) in [6.45, 7) is 3.00. The Hall–Kier alpha value is -1.54. The topological polar surface area (TPSA) is 21.3 Å². The van der Waals surface area contributed by atoms with Crippen LogP contribution < -0.4 is 5.32 Å². The third kappa shape index (κ3) is 2.01. The zero-order valence-electron chi connectivity index (χ0n) is 10.0. The van der Waals surface area contributed by atoms with Crippen molar-refractivity contribution in [2.45, 2.75) is 25.5 Å². The summed E-state index contributed by atoms with van der Waals surface area (Å²) in [5, 5.41) is 6.18. The first-order valence-corrected chi connectivity index (χ1v) is 6.20. The SMILES string of the molecule is CC1OCCC1Nc1cccc2ccccc12. The fourth-order valence-corrected chi connectivity index (χ4v) is 2.47. The molecule has 0 radical (unpaired) electrons. The maximum atomic E-state index is 5.59. The van der Waals surface area contributed by atoms with Crippen molar-refractivity contribution in [2.75, 3.05) is 11.9 Å². The largest absolute Gasteiger partial charge is 0.379 e. The number of anilines is 1. The van der Waals surface area contributed by atoms with E-state index >= 15 is 0 Å². The third-order valence-electron chi connectivity index (χ3n) is 3.51. The van der Waals surface area contributed by atoms with Gasteiger partial charge in [-0.2, -0.15) is 0 Å². The van der Waals surface area contributed by atoms with Crippen molar-refractivity contribution in [1.82, 2.24) is 0 Å². The standard InChI is InChI=1S/C15H17NO/c1-11-14(9-10-17-11)16-15-8-4-6-12-5-2-3-7-13(12)15/h2-8,11,14,16H,9-10H2,1H3. The predicted octanol–water partition coefficient (Wildman–Crippen LogP) is 3.43. The fraction of sp³-hybridized carbons (Fsp3) is 0.333. The second kappa shape index (κ2) is 4.38. The quantitative estimate of drug-likeness (QED) is 0.848. The van der Waals surface area contributed by atoms with Crippen molar-refractivity contribution < 1.29 is 4.74 Å². The Bertz CT molecular complexity index is 518. The van der Waals surface area contributed by atoms with Crippen LogP contribution in [0.5, 0.6) is 0 Å². The maximum absolute atomic E-state index is 5.59. The molecule has 2 atom stereocenters. The molecule has 2 unspecified atom stereocenters. The van der Waals surface area contributed by atoms with E-state index in [-0.39, 0.29) is 0 Å². The van der Waals surface area contributed by atoms with Crippen LogP contribution in [0.25, 0.3) is 10.8 Å². The Morgan fingerprint density at radius 2 is 1.94 bits per heavy atom. The van der Waals surface area contributed by atoms with Crippen LogP contribution in [0.1, 0.15) is 13.3 Å². The first-order chi connectivity index (χ1) is 8.34. The first kappa shape index (κ1) is 10.6. The molecule has 0 aromatic heterocycles. The number of hydrogen-bond acceptors (Lipinski definition) is 2. The normalized spacial score (nSPS) is 24.1. The van der Waals surface area contributed by atoms with E-state index in [2.05, 4.69) is 54.7 Å². The molecule has 0 amide bonds. The Kier molecular flexibility index (Phi) is 2.73. The van der Waals surface area contributed by atoms with Crippen LogP contribution in [0.3, 0.4) is 0 Å². The molecule has 1 aliphatic heterocycles. The van der Waals surface area contributed by atoms with E-state index in [0.717, 1.165) is 13.0 Å². The third-order valence-corrected chi connectivity index (χ3v) is 3.51. The molecule has 0 bridgehead atoms. The Morgan fingerprint density at radius 3 is 2.76 bits per heavy atom. The van der Waals surface area contributed by atoms with Gasteiger partial charge >= 0.3 is 0 Å². The summed E-state index contributed by atoms with van der Waals surface area (Å²) < 4.78 is 5.59. The molecular weight excluding hydrogens is 210 g/mol. The highest BCUT2D eigenvalue weighted by Gasteiger charge is 2.24. The van der Waals surface area contributed by atoms with Crippen molar-refractivity contribution >= 4 is 16.5 Å². The van der Waals surface area contributed by atoms with E-state index in [1.54, 1.807) is 0 Å². The number of benzene rings is 2. The van der Waals surface area contributed by atoms with Crippen molar-refractivity contribution in [3.63, 3.8) is 0 Å². The lowest BCUT2D eigenvalue weighted by atomic mass is 10.1. The number of fused-ring (bicyclic) bond motifs is 1. The van der Waals surface area contributed by atoms with Crippen LogP contribution in [0.2, 0.25) is 0 Å². The van der Waals surface area contributed by atoms with Gasteiger partial charge in [0, 0.05) is 17.7 Å². The molecule has 1 heterocycles. The predicted molar refractivity (Wildman–Crippen MR) is 71.4 cm³/mol. The first-order valence-electron chi connectivity index (χ1n) is 6.20. The van der Waals surface area contributed by atoms with Gasteiger partial charge in [-0.15, -0.1) is 0 Å². The zero-order valence-corrected chi connectivity index (χ0v) is 10.0. The molecular formula is C15H17NO. The van der Waals surface area contributed by atoms with Crippen LogP contribution in [-0.2, 0) is 4.74 Å². The van der Waals surface area contributed by atoms with Gasteiger partial charge in [-0.25, -0.2) is 0 Å². The lowest BCUT2D eigenvalue weighted by Crippen LogP contribution is -2.26. The molecule has 2 aromatic carbocycles. The van der Waals surface area contributed by atoms with Gasteiger partial charge in [-0.3, -0.25) is 0 Å². The Labute approximate surface area is 102 Å². The monoisotopic (exact) mass is 227 g/mol. The molecule has 0 saturated carbocycles. The van der Waals surface area contributed by atoms with E-state index in [4.69, 9.17) is 4.74 Å². The Balaban J connectivity index is 1.94. The number of hydrogen-bond donors (Lipinski definition) is 1. The van der Waals surface area contributed by atoms with Gasteiger partial charge in [0.15, 0.2) is 0 Å². The van der Waals surface area contributed by atoms with Gasteiger partial charge < -0.3 is 10.1 Å². The highest BCUT2D eigenvalue weighted by atomic mass is 16.5. The summed E-state index contributed by atoms with van der Waals surface area (Å²) in [4.78, 5) is 0. The smallest absolute Gasteiger partial charge is 0.0748 e. The van der Waals surface area contributed by atoms with Crippen molar-refractivity contribution in [1.29, 1.82) is 0 Å². The summed E-state index contributed by atoms with van der Waals surface area (Å²) in [6, 6.07) is 15.3. The minimum atomic E-state index is 0.300. The molecule has 2 nitrogen and oxygen atoms in total. The average Bonchev–Trinajstić information content (AvgIpc) is 2.76. The molecule has 1 N–H and O–H groups in total. The molecule has 0 aliphatic carbocycles. The highest BCUT2D eigenvalue weighted by molar-refractivity contribution is 5.93. The van der Waals surface area contributed by atoms with E-state index in [9.17, 15) is 0 Å². The second-order valence-electron chi connectivity index (χ2n) is 4.64. The average molecular weight is 227 g/mol. The minimum absolute atomic E-state index is 0.300. The van der Waals surface area contributed by atoms with Gasteiger partial charge in [-0.1, -0.05) is 36.4 Å². The van der Waals surface area contributed by atoms with Crippen LogP contribution in [0, 0.1) is 0 Å². The fourth-order valence-electron chi connectivity index (χ4n) is 2.47. The summed E-state index contributed by atoms with van der Waals surface area (Å²) in [5.41, 5.74) is 1.21. The summed E-state index contributed by atoms with van der Waals surface area (Å²) in [6.07, 6.45) is 1.39. The molecule has 1 saturated heterocycles. The molecule has 1 fully saturated rings. The highest BCUT2D eigenvalue weighted by Crippen LogP contribution is 2.26. The number of nitrogens with one attached hydrogen (secondary N) is 1. The lowest BCUT2D eigenvalue weighted by Gasteiger charge is -2.18. The van der Waals surface area contributed by atoms with Gasteiger partial charge in [0.25, 0.3) is 0 Å². The molecule has 2 heteroatoms. The molecule has 0 spiro atoms. The van der Waals surface area contributed by atoms with Gasteiger partial charge in [0.2, 0.25) is 0 Å². The van der Waals surface area contributed by atoms with Crippen LogP contribution in [0.15, 0.2) is 42.5 Å². The van der Waals surface area contributed by atoms with E-state index in [0.29, 0.717) is 12.1 Å². The van der Waals surface area contributed by atoms with Crippen LogP contribution in [-0.4, -0.2) is 18.8 Å². The van der Waals surface area contributed by atoms with Gasteiger partial charge in [0.1, 0.15) is 0 Å². The summed E-state index contributed by atoms with van der Waals surface area (Å²) in [5.74, 6) is 0. The van der Waals surface area contributed by atoms with E-state index in [1.807, 2.05) is 0 Å². The van der Waals surface area contributed by atoms with Crippen molar-refractivity contribution in [2.24, 2.45) is 0 Å². The van der Waals surface area contributed by atoms with Crippen LogP contribution >= 0.6 is 0 Å². The molecule has 17 heavy (non-hydrogen) atoms. The second-order valence-corrected chi connectivity index (χ2v) is 4.64. The van der Waals surface area contributed by atoms with Crippen molar-refractivity contribution in [3.05, 3.63) is 42.5 Å². The summed E-state index contributed by atoms with van der Waals surface area (Å²) >= 11 is 0. The van der Waals surface area contributed by atoms with Gasteiger partial charge in [-0.05, 0) is 24.8 Å². The molecule has 2 aromatic rings. The number of rotatable bonds is 2. The molecule has 88 valence electrons. The summed E-state index contributed by atoms with van der Waals surface area (Å²) in [7, 11) is 0. The maximum Gasteiger partial charge on any atom is 0.0748 e. The minimum Gasteiger partial charge on any atom is -0.379 e. The lowest BCUT2D eigenvalue weighted by molar-refractivity contribution is 0.121. The van der Waals surface area contributed by atoms with Crippen LogP contribution in [0.4, 0.5) is 5.69 Å². The molecule has 3 rings (SSSR count). The Morgan fingerprint density at radius 1 is 1.12 bits per heavy atom. The van der Waals surface area contributed by atoms with E-state index < -0.39 is 0 Å².